The number of hydrogen-bond donors (Lipinski definition) is 1. The molecule has 2 aliphatic rings. The first-order valence-electron chi connectivity index (χ1n) is 20.4. The third-order valence-electron chi connectivity index (χ3n) is 10.7. The first-order valence-corrected chi connectivity index (χ1v) is 20.4. The highest BCUT2D eigenvalue weighted by Gasteiger charge is 2.24. The predicted octanol–water partition coefficient (Wildman–Crippen LogP) is 7.04. The summed E-state index contributed by atoms with van der Waals surface area (Å²) in [6, 6.07) is 17.4. The number of aryl methyl sites for hydroxylation is 4. The normalized spacial score (nSPS) is 15.4. The Labute approximate surface area is 359 Å². The molecule has 2 aliphatic heterocycles. The molecule has 2 fully saturated rings. The Morgan fingerprint density at radius 3 is 1.52 bits per heavy atom. The first kappa shape index (κ1) is 44.0. The van der Waals surface area contributed by atoms with E-state index in [1.54, 1.807) is 38.5 Å². The summed E-state index contributed by atoms with van der Waals surface area (Å²) in [5, 5.41) is 11.2. The molecule has 0 unspecified atom stereocenters. The molecular weight excluding hydrogens is 799 g/mol. The van der Waals surface area contributed by atoms with Gasteiger partial charge >= 0.3 is 0 Å². The zero-order valence-electron chi connectivity index (χ0n) is 36.4. The van der Waals surface area contributed by atoms with Gasteiger partial charge < -0.3 is 51.8 Å². The maximum Gasteiger partial charge on any atom is 0.197 e. The van der Waals surface area contributed by atoms with Crippen molar-refractivity contribution < 1.29 is 51.8 Å². The second-order valence-electron chi connectivity index (χ2n) is 15.4. The van der Waals surface area contributed by atoms with Crippen LogP contribution in [-0.4, -0.2) is 103 Å². The highest BCUT2D eigenvalue weighted by Crippen LogP contribution is 2.36. The minimum Gasteiger partial charge on any atom is -0.496 e. The molecule has 6 aromatic rings. The first-order chi connectivity index (χ1) is 29.9. The fourth-order valence-electron chi connectivity index (χ4n) is 7.59. The Kier molecular flexibility index (Phi) is 13.7. The number of aliphatic hydroxyl groups is 1. The number of ether oxygens (including phenoxy) is 8. The molecular formula is C48H53NO13. The quantitative estimate of drug-likeness (QED) is 0.111. The largest absolute Gasteiger partial charge is 0.496 e. The number of β-amino-alcohol motifs (C(OH)–C–C–N with tert-alkyl or cyclic N) is 1. The number of nitrogens with zero attached hydrogens (tertiary/aromatic N) is 1. The van der Waals surface area contributed by atoms with E-state index in [1.165, 1.54) is 26.4 Å². The van der Waals surface area contributed by atoms with E-state index in [-0.39, 0.29) is 23.6 Å². The number of aliphatic hydroxyl groups excluding tert-OH is 1. The van der Waals surface area contributed by atoms with Gasteiger partial charge in [0, 0.05) is 67.2 Å². The summed E-state index contributed by atoms with van der Waals surface area (Å²) in [6.07, 6.45) is -0.401. The molecule has 62 heavy (non-hydrogen) atoms. The van der Waals surface area contributed by atoms with Crippen molar-refractivity contribution in [1.82, 2.24) is 4.90 Å². The fourth-order valence-corrected chi connectivity index (χ4v) is 7.59. The number of hydrogen-bond acceptors (Lipinski definition) is 14. The molecule has 0 spiro atoms. The summed E-state index contributed by atoms with van der Waals surface area (Å²) in [5.74, 6) is 4.41. The Bertz CT molecular complexity index is 2630. The van der Waals surface area contributed by atoms with E-state index in [0.29, 0.717) is 82.8 Å². The van der Waals surface area contributed by atoms with Gasteiger partial charge in [0.1, 0.15) is 93.4 Å². The Balaban J connectivity index is 0.000000190. The third-order valence-corrected chi connectivity index (χ3v) is 10.7. The van der Waals surface area contributed by atoms with Crippen molar-refractivity contribution in [2.45, 2.75) is 39.9 Å². The zero-order chi connectivity index (χ0) is 44.1. The lowest BCUT2D eigenvalue weighted by atomic mass is 10.0. The predicted molar refractivity (Wildman–Crippen MR) is 235 cm³/mol. The van der Waals surface area contributed by atoms with E-state index in [1.807, 2.05) is 52.0 Å². The van der Waals surface area contributed by atoms with Crippen LogP contribution in [0.2, 0.25) is 0 Å². The monoisotopic (exact) mass is 851 g/mol. The van der Waals surface area contributed by atoms with Crippen LogP contribution in [0.15, 0.2) is 79.1 Å². The smallest absolute Gasteiger partial charge is 0.197 e. The standard InChI is InChI=1S/C26H31NO7.C22H22O6/c1-16-9-18(10-17(2)26(16)33-15-19(28)14-27-5-7-32-8-6-27)22-13-21(29)25-23(31-4)11-20(30-3)12-24(25)34-22;1-12-5-14(6-13(2)22(12)27-11-16-10-26-16)18-9-17(23)21-19(25-4)7-15(24-3)8-20(21)28-18/h9-13,19,28H,5-8,14-15H2,1-4H3;5-9,16H,10-11H2,1-4H3/t19-;16-/m11/s1. The zero-order valence-corrected chi connectivity index (χ0v) is 36.4. The molecule has 2 aromatic heterocycles. The molecule has 2 atom stereocenters. The average molecular weight is 852 g/mol. The van der Waals surface area contributed by atoms with Crippen LogP contribution in [0, 0.1) is 27.7 Å². The van der Waals surface area contributed by atoms with Crippen LogP contribution in [-0.2, 0) is 9.47 Å². The van der Waals surface area contributed by atoms with Crippen LogP contribution < -0.4 is 39.3 Å². The molecule has 4 aromatic carbocycles. The Morgan fingerprint density at radius 2 is 1.10 bits per heavy atom. The molecule has 1 N–H and O–H groups in total. The summed E-state index contributed by atoms with van der Waals surface area (Å²) in [6.45, 7) is 12.9. The molecule has 14 heteroatoms. The van der Waals surface area contributed by atoms with Gasteiger partial charge in [0.25, 0.3) is 0 Å². The van der Waals surface area contributed by atoms with Crippen molar-refractivity contribution in [3.63, 3.8) is 0 Å². The van der Waals surface area contributed by atoms with E-state index in [0.717, 1.165) is 64.6 Å². The van der Waals surface area contributed by atoms with Gasteiger partial charge in [0.15, 0.2) is 10.9 Å². The average Bonchev–Trinajstić information content (AvgIpc) is 4.10. The number of fused-ring (bicyclic) bond motifs is 2. The van der Waals surface area contributed by atoms with Gasteiger partial charge in [-0.05, 0) is 74.2 Å². The topological polar surface area (TPSA) is 161 Å². The highest BCUT2D eigenvalue weighted by molar-refractivity contribution is 5.87. The Morgan fingerprint density at radius 1 is 0.645 bits per heavy atom. The molecule has 14 nitrogen and oxygen atoms in total. The fraction of sp³-hybridized carbons (Fsp3) is 0.375. The number of morpholine rings is 1. The molecule has 0 aliphatic carbocycles. The lowest BCUT2D eigenvalue weighted by Crippen LogP contribution is -2.42. The van der Waals surface area contributed by atoms with Crippen LogP contribution >= 0.6 is 0 Å². The molecule has 0 radical (unpaired) electrons. The van der Waals surface area contributed by atoms with Crippen LogP contribution in [0.5, 0.6) is 34.5 Å². The van der Waals surface area contributed by atoms with E-state index in [9.17, 15) is 14.7 Å². The summed E-state index contributed by atoms with van der Waals surface area (Å²) >= 11 is 0. The third kappa shape index (κ3) is 10.0. The maximum atomic E-state index is 12.9. The van der Waals surface area contributed by atoms with Gasteiger partial charge in [-0.15, -0.1) is 0 Å². The van der Waals surface area contributed by atoms with Gasteiger partial charge in [-0.1, -0.05) is 0 Å². The molecule has 8 rings (SSSR count). The van der Waals surface area contributed by atoms with Crippen molar-refractivity contribution in [1.29, 1.82) is 0 Å². The van der Waals surface area contributed by atoms with Crippen molar-refractivity contribution in [2.24, 2.45) is 0 Å². The van der Waals surface area contributed by atoms with E-state index < -0.39 is 6.10 Å². The second-order valence-corrected chi connectivity index (χ2v) is 15.4. The minimum absolute atomic E-state index is 0.169. The van der Waals surface area contributed by atoms with Gasteiger partial charge in [-0.25, -0.2) is 0 Å². The van der Waals surface area contributed by atoms with Crippen molar-refractivity contribution in [3.05, 3.63) is 103 Å². The molecule has 0 amide bonds. The van der Waals surface area contributed by atoms with E-state index >= 15 is 0 Å². The van der Waals surface area contributed by atoms with Gasteiger partial charge in [0.2, 0.25) is 0 Å². The Hall–Kier alpha value is -6.06. The molecule has 0 bridgehead atoms. The second kappa shape index (κ2) is 19.3. The van der Waals surface area contributed by atoms with Crippen molar-refractivity contribution in [2.75, 3.05) is 81.1 Å². The van der Waals surface area contributed by atoms with Gasteiger partial charge in [-0.3, -0.25) is 14.5 Å². The molecule has 2 saturated heterocycles. The van der Waals surface area contributed by atoms with Crippen molar-refractivity contribution >= 4 is 21.9 Å². The van der Waals surface area contributed by atoms with Crippen LogP contribution in [0.1, 0.15) is 22.3 Å². The van der Waals surface area contributed by atoms with Crippen molar-refractivity contribution in [3.8, 4) is 57.1 Å². The lowest BCUT2D eigenvalue weighted by Gasteiger charge is -2.28. The summed E-state index contributed by atoms with van der Waals surface area (Å²) in [7, 11) is 6.12. The summed E-state index contributed by atoms with van der Waals surface area (Å²) in [5.41, 5.74) is 5.74. The number of methoxy groups -OCH3 is 4. The maximum absolute atomic E-state index is 12.9. The number of benzene rings is 4. The summed E-state index contributed by atoms with van der Waals surface area (Å²) in [4.78, 5) is 27.8. The molecule has 4 heterocycles. The van der Waals surface area contributed by atoms with Gasteiger partial charge in [0.05, 0.1) is 48.3 Å². The SMILES string of the molecule is COc1cc(OC)c2c(=O)cc(-c3cc(C)c(OC[C@H](O)CN4CCOCC4)c(C)c3)oc2c1.COc1cc(OC)c2c(=O)cc(-c3cc(C)c(OC[C@H]4CO4)c(C)c3)oc2c1. The van der Waals surface area contributed by atoms with Crippen LogP contribution in [0.25, 0.3) is 44.6 Å². The van der Waals surface area contributed by atoms with E-state index in [2.05, 4.69) is 4.90 Å². The highest BCUT2D eigenvalue weighted by atomic mass is 16.6. The van der Waals surface area contributed by atoms with Crippen LogP contribution in [0.4, 0.5) is 0 Å². The lowest BCUT2D eigenvalue weighted by molar-refractivity contribution is 0.00454. The number of epoxide rings is 1. The minimum atomic E-state index is -0.597. The van der Waals surface area contributed by atoms with E-state index in [4.69, 9.17) is 46.7 Å². The summed E-state index contributed by atoms with van der Waals surface area (Å²) < 4.78 is 55.8. The molecule has 328 valence electrons. The van der Waals surface area contributed by atoms with Crippen LogP contribution in [0.3, 0.4) is 0 Å². The number of rotatable bonds is 14. The van der Waals surface area contributed by atoms with Gasteiger partial charge in [-0.2, -0.15) is 0 Å². The molecule has 0 saturated carbocycles.